The monoisotopic (exact) mass is 422 g/mol. The second kappa shape index (κ2) is 9.25. The Morgan fingerprint density at radius 1 is 1.07 bits per heavy atom. The fourth-order valence-electron chi connectivity index (χ4n) is 3.89. The number of hydrogen-bond acceptors (Lipinski definition) is 5. The van der Waals surface area contributed by atoms with Gasteiger partial charge in [0.1, 0.15) is 5.01 Å². The third-order valence-electron chi connectivity index (χ3n) is 5.94. The van der Waals surface area contributed by atoms with Crippen LogP contribution < -0.4 is 5.32 Å². The number of piperazine rings is 1. The number of carbonyl (C=O) groups is 1. The van der Waals surface area contributed by atoms with Gasteiger partial charge >= 0.3 is 0 Å². The Bertz CT molecular complexity index is 990. The van der Waals surface area contributed by atoms with E-state index in [0.29, 0.717) is 6.54 Å². The molecule has 6 heteroatoms. The van der Waals surface area contributed by atoms with E-state index < -0.39 is 0 Å². The Balaban J connectivity index is 1.23. The van der Waals surface area contributed by atoms with Gasteiger partial charge in [0.15, 0.2) is 0 Å². The highest BCUT2D eigenvalue weighted by molar-refractivity contribution is 7.18. The van der Waals surface area contributed by atoms with Crippen LogP contribution in [0, 0.1) is 13.8 Å². The summed E-state index contributed by atoms with van der Waals surface area (Å²) in [5.74, 6) is 0.0975. The number of fused-ring (bicyclic) bond motifs is 1. The molecule has 2 aromatic carbocycles. The zero-order valence-electron chi connectivity index (χ0n) is 18.0. The first-order valence-corrected chi connectivity index (χ1v) is 11.5. The van der Waals surface area contributed by atoms with Crippen molar-refractivity contribution in [3.63, 3.8) is 0 Å². The van der Waals surface area contributed by atoms with Crippen molar-refractivity contribution in [3.8, 4) is 0 Å². The number of para-hydroxylation sites is 1. The average molecular weight is 423 g/mol. The minimum atomic E-state index is 0.0251. The first-order valence-electron chi connectivity index (χ1n) is 10.6. The van der Waals surface area contributed by atoms with Crippen molar-refractivity contribution in [3.05, 3.63) is 64.2 Å². The van der Waals surface area contributed by atoms with E-state index in [0.717, 1.165) is 43.8 Å². The fourth-order valence-corrected chi connectivity index (χ4v) is 4.90. The summed E-state index contributed by atoms with van der Waals surface area (Å²) in [5.41, 5.74) is 4.79. The van der Waals surface area contributed by atoms with E-state index in [1.807, 2.05) is 6.07 Å². The Morgan fingerprint density at radius 3 is 2.53 bits per heavy atom. The first-order chi connectivity index (χ1) is 14.5. The molecule has 1 N–H and O–H groups in total. The van der Waals surface area contributed by atoms with Gasteiger partial charge in [-0.2, -0.15) is 0 Å². The number of benzene rings is 2. The molecule has 1 aliphatic rings. The second-order valence-electron chi connectivity index (χ2n) is 8.26. The molecule has 1 atom stereocenters. The van der Waals surface area contributed by atoms with E-state index in [1.54, 1.807) is 11.3 Å². The summed E-state index contributed by atoms with van der Waals surface area (Å²) in [4.78, 5) is 22.0. The number of nitrogens with one attached hydrogen (secondary N) is 1. The summed E-state index contributed by atoms with van der Waals surface area (Å²) < 4.78 is 1.25. The number of hydrogen-bond donors (Lipinski definition) is 1. The molecular weight excluding hydrogens is 392 g/mol. The van der Waals surface area contributed by atoms with E-state index in [-0.39, 0.29) is 11.9 Å². The second-order valence-corrected chi connectivity index (χ2v) is 9.38. The molecule has 30 heavy (non-hydrogen) atoms. The summed E-state index contributed by atoms with van der Waals surface area (Å²) >= 11 is 1.78. The summed E-state index contributed by atoms with van der Waals surface area (Å²) in [6.45, 7) is 11.4. The maximum atomic E-state index is 12.5. The molecule has 0 aliphatic carbocycles. The zero-order valence-corrected chi connectivity index (χ0v) is 18.8. The predicted molar refractivity (Wildman–Crippen MR) is 124 cm³/mol. The minimum absolute atomic E-state index is 0.0251. The Labute approximate surface area is 182 Å². The van der Waals surface area contributed by atoms with Gasteiger partial charge in [-0.25, -0.2) is 4.98 Å². The largest absolute Gasteiger partial charge is 0.348 e. The van der Waals surface area contributed by atoms with Gasteiger partial charge < -0.3 is 5.32 Å². The number of aromatic nitrogens is 1. The quantitative estimate of drug-likeness (QED) is 0.654. The molecule has 3 aromatic rings. The van der Waals surface area contributed by atoms with Crippen molar-refractivity contribution in [1.82, 2.24) is 20.1 Å². The lowest BCUT2D eigenvalue weighted by atomic mass is 10.0. The van der Waals surface area contributed by atoms with Crippen LogP contribution in [-0.2, 0) is 11.3 Å². The third-order valence-corrected chi connectivity index (χ3v) is 6.96. The van der Waals surface area contributed by atoms with E-state index in [2.05, 4.69) is 72.3 Å². The molecule has 0 saturated carbocycles. The molecule has 1 fully saturated rings. The lowest BCUT2D eigenvalue weighted by Gasteiger charge is -2.34. The molecule has 0 spiro atoms. The van der Waals surface area contributed by atoms with Crippen molar-refractivity contribution in [1.29, 1.82) is 0 Å². The van der Waals surface area contributed by atoms with Crippen molar-refractivity contribution >= 4 is 27.5 Å². The Hall–Kier alpha value is -2.28. The predicted octanol–water partition coefficient (Wildman–Crippen LogP) is 3.91. The zero-order chi connectivity index (χ0) is 21.1. The summed E-state index contributed by atoms with van der Waals surface area (Å²) in [6.07, 6.45) is 0. The Morgan fingerprint density at radius 2 is 1.80 bits per heavy atom. The molecule has 5 nitrogen and oxygen atoms in total. The van der Waals surface area contributed by atoms with Crippen LogP contribution in [0.1, 0.15) is 34.7 Å². The summed E-state index contributed by atoms with van der Waals surface area (Å²) in [6, 6.07) is 14.7. The van der Waals surface area contributed by atoms with Crippen LogP contribution in [0.4, 0.5) is 0 Å². The fraction of sp³-hybridized carbons (Fsp3) is 0.417. The number of amides is 1. The van der Waals surface area contributed by atoms with Crippen LogP contribution in [0.3, 0.4) is 0 Å². The number of nitrogens with zero attached hydrogens (tertiary/aromatic N) is 3. The van der Waals surface area contributed by atoms with Gasteiger partial charge in [-0.3, -0.25) is 14.6 Å². The molecule has 1 amide bonds. The van der Waals surface area contributed by atoms with E-state index >= 15 is 0 Å². The van der Waals surface area contributed by atoms with Gasteiger partial charge in [-0.1, -0.05) is 30.3 Å². The van der Waals surface area contributed by atoms with Crippen LogP contribution in [0.15, 0.2) is 42.5 Å². The maximum Gasteiger partial charge on any atom is 0.234 e. The van der Waals surface area contributed by atoms with Crippen molar-refractivity contribution < 1.29 is 4.79 Å². The molecule has 0 unspecified atom stereocenters. The molecule has 158 valence electrons. The van der Waals surface area contributed by atoms with Gasteiger partial charge in [-0.15, -0.1) is 11.3 Å². The lowest BCUT2D eigenvalue weighted by molar-refractivity contribution is -0.123. The smallest absolute Gasteiger partial charge is 0.234 e. The number of rotatable bonds is 6. The number of aryl methyl sites for hydroxylation is 2. The molecular formula is C24H30N4OS. The van der Waals surface area contributed by atoms with Gasteiger partial charge in [0.2, 0.25) is 5.91 Å². The van der Waals surface area contributed by atoms with Gasteiger partial charge in [0, 0.05) is 26.2 Å². The Kier molecular flexibility index (Phi) is 6.46. The summed E-state index contributed by atoms with van der Waals surface area (Å²) in [7, 11) is 0. The van der Waals surface area contributed by atoms with Crippen LogP contribution in [-0.4, -0.2) is 53.4 Å². The van der Waals surface area contributed by atoms with E-state index in [1.165, 1.54) is 20.8 Å². The topological polar surface area (TPSA) is 48.5 Å². The van der Waals surface area contributed by atoms with Gasteiger partial charge in [0.25, 0.3) is 0 Å². The highest BCUT2D eigenvalue weighted by atomic mass is 32.1. The lowest BCUT2D eigenvalue weighted by Crippen LogP contribution is -2.49. The van der Waals surface area contributed by atoms with Crippen molar-refractivity contribution in [2.45, 2.75) is 33.4 Å². The molecule has 1 aromatic heterocycles. The van der Waals surface area contributed by atoms with Crippen LogP contribution in [0.5, 0.6) is 0 Å². The van der Waals surface area contributed by atoms with Crippen molar-refractivity contribution in [2.24, 2.45) is 0 Å². The van der Waals surface area contributed by atoms with Crippen LogP contribution in [0.2, 0.25) is 0 Å². The van der Waals surface area contributed by atoms with Crippen LogP contribution in [0.25, 0.3) is 10.2 Å². The molecule has 0 radical (unpaired) electrons. The summed E-state index contributed by atoms with van der Waals surface area (Å²) in [5, 5.41) is 4.32. The number of thiazole rings is 1. The average Bonchev–Trinajstić information content (AvgIpc) is 3.13. The SMILES string of the molecule is Cc1ccc([C@H](C)NC(=O)CN2CCN(Cc3nc4ccccc4s3)CC2)cc1C. The standard InChI is InChI=1S/C24H30N4OS/c1-17-8-9-20(14-18(17)2)19(3)25-23(29)15-27-10-12-28(13-11-27)16-24-26-21-6-4-5-7-22(21)30-24/h4-9,14,19H,10-13,15-16H2,1-3H3,(H,25,29)/t19-/m0/s1. The van der Waals surface area contributed by atoms with Gasteiger partial charge in [0.05, 0.1) is 29.3 Å². The highest BCUT2D eigenvalue weighted by Crippen LogP contribution is 2.23. The number of carbonyl (C=O) groups excluding carboxylic acids is 1. The normalized spacial score (nSPS) is 16.6. The highest BCUT2D eigenvalue weighted by Gasteiger charge is 2.21. The van der Waals surface area contributed by atoms with Crippen molar-refractivity contribution in [2.75, 3.05) is 32.7 Å². The molecule has 2 heterocycles. The molecule has 0 bridgehead atoms. The minimum Gasteiger partial charge on any atom is -0.348 e. The van der Waals surface area contributed by atoms with E-state index in [9.17, 15) is 4.79 Å². The van der Waals surface area contributed by atoms with E-state index in [4.69, 9.17) is 4.98 Å². The molecule has 4 rings (SSSR count). The van der Waals surface area contributed by atoms with Gasteiger partial charge in [-0.05, 0) is 49.6 Å². The van der Waals surface area contributed by atoms with Crippen LogP contribution >= 0.6 is 11.3 Å². The molecule has 1 aliphatic heterocycles. The molecule has 1 saturated heterocycles. The first kappa shape index (κ1) is 21.0. The maximum absolute atomic E-state index is 12.5. The third kappa shape index (κ3) is 5.06.